The van der Waals surface area contributed by atoms with Gasteiger partial charge in [-0.15, -0.1) is 0 Å². The molecular weight excluding hydrogens is 264 g/mol. The molecule has 0 unspecified atom stereocenters. The van der Waals surface area contributed by atoms with E-state index in [4.69, 9.17) is 19.1 Å². The van der Waals surface area contributed by atoms with E-state index >= 15 is 0 Å². The Labute approximate surface area is 115 Å². The number of ether oxygens (including phenoxy) is 2. The van der Waals surface area contributed by atoms with Gasteiger partial charge in [-0.05, 0) is 18.2 Å². The monoisotopic (exact) mass is 278 g/mol. The SMILES string of the molecule is COc1ccc(-c2cnc(CC(=O)NO)o2)cc1OC. The van der Waals surface area contributed by atoms with Crippen molar-refractivity contribution in [3.8, 4) is 22.8 Å². The second-order valence-corrected chi connectivity index (χ2v) is 3.90. The quantitative estimate of drug-likeness (QED) is 0.634. The van der Waals surface area contributed by atoms with Crippen molar-refractivity contribution < 1.29 is 23.9 Å². The second-order valence-electron chi connectivity index (χ2n) is 3.90. The highest BCUT2D eigenvalue weighted by atomic mass is 16.5. The fraction of sp³-hybridized carbons (Fsp3) is 0.231. The van der Waals surface area contributed by atoms with E-state index in [0.29, 0.717) is 17.3 Å². The molecule has 2 rings (SSSR count). The Morgan fingerprint density at radius 3 is 2.75 bits per heavy atom. The van der Waals surface area contributed by atoms with Crippen LogP contribution in [0.2, 0.25) is 0 Å². The van der Waals surface area contributed by atoms with Crippen LogP contribution in [0.4, 0.5) is 0 Å². The van der Waals surface area contributed by atoms with E-state index in [1.807, 2.05) is 0 Å². The molecule has 0 saturated carbocycles. The number of rotatable bonds is 5. The molecule has 7 nitrogen and oxygen atoms in total. The number of benzene rings is 1. The molecule has 0 spiro atoms. The fourth-order valence-electron chi connectivity index (χ4n) is 1.69. The number of hydrogen-bond donors (Lipinski definition) is 2. The van der Waals surface area contributed by atoms with Crippen molar-refractivity contribution in [1.29, 1.82) is 0 Å². The lowest BCUT2D eigenvalue weighted by molar-refractivity contribution is -0.128. The molecule has 0 atom stereocenters. The lowest BCUT2D eigenvalue weighted by Crippen LogP contribution is -2.20. The molecule has 106 valence electrons. The number of carbonyl (C=O) groups excluding carboxylic acids is 1. The number of methoxy groups -OCH3 is 2. The summed E-state index contributed by atoms with van der Waals surface area (Å²) in [5.41, 5.74) is 2.26. The summed E-state index contributed by atoms with van der Waals surface area (Å²) in [6.07, 6.45) is 1.37. The molecule has 1 aromatic heterocycles. The highest BCUT2D eigenvalue weighted by Crippen LogP contribution is 2.32. The topological polar surface area (TPSA) is 93.8 Å². The summed E-state index contributed by atoms with van der Waals surface area (Å²) < 4.78 is 15.8. The zero-order valence-electron chi connectivity index (χ0n) is 11.0. The van der Waals surface area contributed by atoms with Gasteiger partial charge in [-0.3, -0.25) is 10.0 Å². The molecule has 0 aliphatic rings. The molecule has 0 aliphatic heterocycles. The van der Waals surface area contributed by atoms with Gasteiger partial charge in [0.2, 0.25) is 5.89 Å². The Kier molecular flexibility index (Phi) is 4.21. The normalized spacial score (nSPS) is 10.2. The van der Waals surface area contributed by atoms with Crippen LogP contribution in [0, 0.1) is 0 Å². The number of amides is 1. The van der Waals surface area contributed by atoms with E-state index in [2.05, 4.69) is 4.98 Å². The molecule has 2 N–H and O–H groups in total. The van der Waals surface area contributed by atoms with Gasteiger partial charge in [0.05, 0.1) is 20.4 Å². The molecule has 1 heterocycles. The average Bonchev–Trinajstić information content (AvgIpc) is 2.94. The molecular formula is C13H14N2O5. The van der Waals surface area contributed by atoms with Gasteiger partial charge in [0, 0.05) is 5.56 Å². The minimum Gasteiger partial charge on any atom is -0.493 e. The van der Waals surface area contributed by atoms with Crippen molar-refractivity contribution in [2.45, 2.75) is 6.42 Å². The van der Waals surface area contributed by atoms with Crippen molar-refractivity contribution in [1.82, 2.24) is 10.5 Å². The predicted octanol–water partition coefficient (Wildman–Crippen LogP) is 1.41. The Morgan fingerprint density at radius 1 is 1.35 bits per heavy atom. The van der Waals surface area contributed by atoms with Crippen LogP contribution in [0.15, 0.2) is 28.8 Å². The van der Waals surface area contributed by atoms with Crippen LogP contribution in [0.1, 0.15) is 5.89 Å². The van der Waals surface area contributed by atoms with Crippen molar-refractivity contribution >= 4 is 5.91 Å². The third kappa shape index (κ3) is 2.89. The van der Waals surface area contributed by atoms with E-state index in [1.165, 1.54) is 11.7 Å². The molecule has 0 aliphatic carbocycles. The first-order chi connectivity index (χ1) is 9.67. The molecule has 0 radical (unpaired) electrons. The van der Waals surface area contributed by atoms with Crippen LogP contribution in [0.3, 0.4) is 0 Å². The highest BCUT2D eigenvalue weighted by Gasteiger charge is 2.12. The summed E-state index contributed by atoms with van der Waals surface area (Å²) in [6.45, 7) is 0. The Bertz CT molecular complexity index is 609. The highest BCUT2D eigenvalue weighted by molar-refractivity contribution is 5.76. The smallest absolute Gasteiger partial charge is 0.252 e. The molecule has 0 bridgehead atoms. The number of aromatic nitrogens is 1. The van der Waals surface area contributed by atoms with Crippen molar-refractivity contribution in [2.24, 2.45) is 0 Å². The third-order valence-electron chi connectivity index (χ3n) is 2.66. The standard InChI is InChI=1S/C13H14N2O5/c1-18-9-4-3-8(5-10(9)19-2)11-7-14-13(20-11)6-12(16)15-17/h3-5,7,17H,6H2,1-2H3,(H,15,16). The minimum absolute atomic E-state index is 0.135. The lowest BCUT2D eigenvalue weighted by Gasteiger charge is -2.08. The van der Waals surface area contributed by atoms with Gasteiger partial charge in [0.25, 0.3) is 5.91 Å². The maximum atomic E-state index is 11.0. The Balaban J connectivity index is 2.25. The number of nitrogens with zero attached hydrogens (tertiary/aromatic N) is 1. The number of oxazole rings is 1. The number of carbonyl (C=O) groups is 1. The van der Waals surface area contributed by atoms with Crippen LogP contribution in [0.5, 0.6) is 11.5 Å². The number of nitrogens with one attached hydrogen (secondary N) is 1. The molecule has 1 aromatic carbocycles. The second kappa shape index (κ2) is 6.07. The summed E-state index contributed by atoms with van der Waals surface area (Å²) in [5.74, 6) is 1.28. The lowest BCUT2D eigenvalue weighted by atomic mass is 10.1. The summed E-state index contributed by atoms with van der Waals surface area (Å²) in [5, 5.41) is 8.45. The molecule has 7 heteroatoms. The zero-order valence-corrected chi connectivity index (χ0v) is 11.0. The van der Waals surface area contributed by atoms with Gasteiger partial charge in [-0.1, -0.05) is 0 Å². The predicted molar refractivity (Wildman–Crippen MR) is 68.7 cm³/mol. The van der Waals surface area contributed by atoms with Crippen molar-refractivity contribution in [3.05, 3.63) is 30.3 Å². The Morgan fingerprint density at radius 2 is 2.10 bits per heavy atom. The Hall–Kier alpha value is -2.54. The minimum atomic E-state index is -0.592. The number of hydroxylamine groups is 1. The van der Waals surface area contributed by atoms with Crippen molar-refractivity contribution in [2.75, 3.05) is 14.2 Å². The van der Waals surface area contributed by atoms with E-state index in [-0.39, 0.29) is 12.3 Å². The maximum Gasteiger partial charge on any atom is 0.252 e. The summed E-state index contributed by atoms with van der Waals surface area (Å²) in [6, 6.07) is 5.28. The van der Waals surface area contributed by atoms with Crippen LogP contribution < -0.4 is 15.0 Å². The largest absolute Gasteiger partial charge is 0.493 e. The van der Waals surface area contributed by atoms with Gasteiger partial charge >= 0.3 is 0 Å². The summed E-state index contributed by atoms with van der Waals surface area (Å²) >= 11 is 0. The first-order valence-electron chi connectivity index (χ1n) is 5.78. The molecule has 0 saturated heterocycles. The first kappa shape index (κ1) is 13.9. The van der Waals surface area contributed by atoms with Crippen LogP contribution in [0.25, 0.3) is 11.3 Å². The first-order valence-corrected chi connectivity index (χ1v) is 5.78. The number of hydrogen-bond acceptors (Lipinski definition) is 6. The van der Waals surface area contributed by atoms with E-state index in [0.717, 1.165) is 5.56 Å². The summed E-state index contributed by atoms with van der Waals surface area (Å²) in [7, 11) is 3.09. The molecule has 2 aromatic rings. The van der Waals surface area contributed by atoms with Crippen LogP contribution in [-0.4, -0.2) is 30.3 Å². The van der Waals surface area contributed by atoms with Gasteiger partial charge < -0.3 is 13.9 Å². The van der Waals surface area contributed by atoms with Gasteiger partial charge in [-0.25, -0.2) is 10.5 Å². The summed E-state index contributed by atoms with van der Waals surface area (Å²) in [4.78, 5) is 15.0. The molecule has 1 amide bonds. The van der Waals surface area contributed by atoms with Gasteiger partial charge in [0.1, 0.15) is 6.42 Å². The van der Waals surface area contributed by atoms with E-state index in [1.54, 1.807) is 32.4 Å². The van der Waals surface area contributed by atoms with Crippen LogP contribution in [-0.2, 0) is 11.2 Å². The average molecular weight is 278 g/mol. The van der Waals surface area contributed by atoms with E-state index in [9.17, 15) is 4.79 Å². The van der Waals surface area contributed by atoms with Crippen LogP contribution >= 0.6 is 0 Å². The molecule has 20 heavy (non-hydrogen) atoms. The van der Waals surface area contributed by atoms with Crippen molar-refractivity contribution in [3.63, 3.8) is 0 Å². The van der Waals surface area contributed by atoms with E-state index < -0.39 is 5.91 Å². The maximum absolute atomic E-state index is 11.0. The zero-order chi connectivity index (χ0) is 14.5. The van der Waals surface area contributed by atoms with Gasteiger partial charge in [0.15, 0.2) is 17.3 Å². The van der Waals surface area contributed by atoms with Gasteiger partial charge in [-0.2, -0.15) is 0 Å². The fourth-order valence-corrected chi connectivity index (χ4v) is 1.69. The molecule has 0 fully saturated rings. The third-order valence-corrected chi connectivity index (χ3v) is 2.66.